The number of likely N-dealkylation sites (N-methyl/N-ethyl adjacent to an activating group) is 1. The number of aliphatic hydroxyl groups excluding tert-OH is 1. The molecular formula is C48H61N3O10S. The van der Waals surface area contributed by atoms with Gasteiger partial charge in [0.25, 0.3) is 0 Å². The third kappa shape index (κ3) is 5.81. The van der Waals surface area contributed by atoms with Crippen LogP contribution < -0.4 is 0 Å². The van der Waals surface area contributed by atoms with Crippen molar-refractivity contribution < 1.29 is 47.8 Å². The van der Waals surface area contributed by atoms with Crippen molar-refractivity contribution >= 4 is 34.3 Å². The summed E-state index contributed by atoms with van der Waals surface area (Å²) in [5.41, 5.74) is 1.67. The molecule has 62 heavy (non-hydrogen) atoms. The Hall–Kier alpha value is -3.92. The zero-order valence-corrected chi connectivity index (χ0v) is 37.8. The number of hydrogen-bond donors (Lipinski definition) is 2. The number of nitrogens with zero attached hydrogens (tertiary/aromatic N) is 3. The van der Waals surface area contributed by atoms with Crippen molar-refractivity contribution in [3.63, 3.8) is 0 Å². The number of aliphatic hydroxyl groups is 2. The SMILES string of the molecule is CCC1=C[C@H]2CN(C1)CC1=C(Cc3ccc(S(=O)CCO)cc31)[C@@](C(=O)OC)(C1C=C3C(=CC1OC)N(C)[C@H]1[C@@](O)(C(=O)OC)[C@H](OC(C)=O)[C@]4(CC)C=CCN5CC[C@]31[C@@H]54)C2. The predicted molar refractivity (Wildman–Crippen MR) is 232 cm³/mol. The largest absolute Gasteiger partial charge is 0.468 e. The Morgan fingerprint density at radius 1 is 1.02 bits per heavy atom. The summed E-state index contributed by atoms with van der Waals surface area (Å²) >= 11 is 0. The summed E-state index contributed by atoms with van der Waals surface area (Å²) in [5, 5.41) is 23.1. The number of allylic oxidation sites excluding steroid dienone is 1. The molecule has 3 aliphatic carbocycles. The molecule has 1 spiro atoms. The molecule has 5 heterocycles. The van der Waals surface area contributed by atoms with Gasteiger partial charge in [-0.05, 0) is 90.6 Å². The first-order valence-corrected chi connectivity index (χ1v) is 23.5. The molecule has 0 amide bonds. The lowest BCUT2D eigenvalue weighted by atomic mass is 9.47. The first kappa shape index (κ1) is 43.3. The van der Waals surface area contributed by atoms with E-state index in [2.05, 4.69) is 47.1 Å². The fourth-order valence-corrected chi connectivity index (χ4v) is 14.9. The number of likely N-dealkylation sites (tertiary alicyclic amines) is 1. The van der Waals surface area contributed by atoms with Crippen LogP contribution in [0.5, 0.6) is 0 Å². The minimum absolute atomic E-state index is 0.0170. The summed E-state index contributed by atoms with van der Waals surface area (Å²) in [6, 6.07) is 4.70. The number of hydrogen-bond acceptors (Lipinski definition) is 13. The maximum absolute atomic E-state index is 15.4. The van der Waals surface area contributed by atoms with Gasteiger partial charge in [0.1, 0.15) is 0 Å². The van der Waals surface area contributed by atoms with Crippen molar-refractivity contribution in [2.75, 3.05) is 73.5 Å². The number of esters is 3. The van der Waals surface area contributed by atoms with Crippen LogP contribution in [0.25, 0.3) is 5.57 Å². The highest BCUT2D eigenvalue weighted by molar-refractivity contribution is 7.85. The van der Waals surface area contributed by atoms with Crippen molar-refractivity contribution in [2.24, 2.45) is 28.1 Å². The second kappa shape index (κ2) is 15.7. The van der Waals surface area contributed by atoms with Gasteiger partial charge in [0.05, 0.1) is 54.9 Å². The molecule has 0 aromatic heterocycles. The quantitative estimate of drug-likeness (QED) is 0.200. The fraction of sp³-hybridized carbons (Fsp3) is 0.604. The van der Waals surface area contributed by atoms with E-state index in [0.29, 0.717) is 50.2 Å². The molecule has 5 aliphatic heterocycles. The molecule has 1 aromatic rings. The minimum Gasteiger partial charge on any atom is -0.468 e. The highest BCUT2D eigenvalue weighted by Crippen LogP contribution is 2.70. The smallest absolute Gasteiger partial charge is 0.344 e. The Morgan fingerprint density at radius 3 is 2.47 bits per heavy atom. The van der Waals surface area contributed by atoms with Crippen LogP contribution in [0.1, 0.15) is 57.6 Å². The molecular weight excluding hydrogens is 811 g/mol. The van der Waals surface area contributed by atoms with E-state index in [0.717, 1.165) is 53.1 Å². The average molecular weight is 872 g/mol. The van der Waals surface area contributed by atoms with Crippen LogP contribution in [0.4, 0.5) is 0 Å². The van der Waals surface area contributed by atoms with Crippen LogP contribution in [-0.4, -0.2) is 150 Å². The zero-order valence-electron chi connectivity index (χ0n) is 37.0. The van der Waals surface area contributed by atoms with E-state index in [-0.39, 0.29) is 30.3 Å². The summed E-state index contributed by atoms with van der Waals surface area (Å²) in [6.45, 7) is 8.78. The topological polar surface area (TPSA) is 155 Å². The van der Waals surface area contributed by atoms with Crippen molar-refractivity contribution in [3.8, 4) is 0 Å². The van der Waals surface area contributed by atoms with Crippen LogP contribution in [0.2, 0.25) is 0 Å². The molecule has 1 aromatic carbocycles. The summed E-state index contributed by atoms with van der Waals surface area (Å²) in [4.78, 5) is 50.4. The van der Waals surface area contributed by atoms with E-state index in [1.807, 2.05) is 37.1 Å². The summed E-state index contributed by atoms with van der Waals surface area (Å²) in [5.74, 6) is -2.26. The maximum Gasteiger partial charge on any atom is 0.344 e. The molecule has 0 radical (unpaired) electrons. The van der Waals surface area contributed by atoms with Crippen molar-refractivity contribution in [1.82, 2.24) is 14.7 Å². The van der Waals surface area contributed by atoms with Gasteiger partial charge in [0, 0.05) is 80.6 Å². The Bertz CT molecular complexity index is 2270. The number of carbonyl (C=O) groups excluding carboxylic acids is 3. The number of benzene rings is 1. The Morgan fingerprint density at radius 2 is 1.79 bits per heavy atom. The molecule has 2 saturated heterocycles. The highest BCUT2D eigenvalue weighted by Gasteiger charge is 2.81. The Kier molecular flexibility index (Phi) is 10.9. The van der Waals surface area contributed by atoms with Crippen molar-refractivity contribution in [3.05, 3.63) is 82.1 Å². The second-order valence-corrected chi connectivity index (χ2v) is 20.3. The van der Waals surface area contributed by atoms with Gasteiger partial charge in [0.2, 0.25) is 5.60 Å². The molecule has 2 N–H and O–H groups in total. The maximum atomic E-state index is 15.4. The summed E-state index contributed by atoms with van der Waals surface area (Å²) in [7, 11) is 4.86. The van der Waals surface area contributed by atoms with Crippen molar-refractivity contribution in [1.29, 1.82) is 0 Å². The number of rotatable bonds is 10. The third-order valence-electron chi connectivity index (χ3n) is 16.1. The Balaban J connectivity index is 1.31. The van der Waals surface area contributed by atoms with Crippen LogP contribution in [0.15, 0.2) is 75.9 Å². The zero-order chi connectivity index (χ0) is 44.1. The third-order valence-corrected chi connectivity index (χ3v) is 17.5. The van der Waals surface area contributed by atoms with E-state index in [1.165, 1.54) is 26.7 Å². The van der Waals surface area contributed by atoms with Crippen LogP contribution in [0, 0.1) is 28.1 Å². The van der Waals surface area contributed by atoms with E-state index >= 15 is 4.79 Å². The van der Waals surface area contributed by atoms with Gasteiger partial charge < -0.3 is 34.1 Å². The van der Waals surface area contributed by atoms with Gasteiger partial charge in [0.15, 0.2) is 6.10 Å². The van der Waals surface area contributed by atoms with Gasteiger partial charge in [-0.2, -0.15) is 0 Å². The van der Waals surface area contributed by atoms with Gasteiger partial charge in [-0.1, -0.05) is 49.8 Å². The number of ether oxygens (including phenoxy) is 4. The van der Waals surface area contributed by atoms with Crippen LogP contribution >= 0.6 is 0 Å². The molecule has 1 saturated carbocycles. The van der Waals surface area contributed by atoms with Crippen molar-refractivity contribution in [2.45, 2.75) is 87.7 Å². The molecule has 8 aliphatic rings. The number of carbonyl (C=O) groups is 3. The molecule has 334 valence electrons. The molecule has 3 fully saturated rings. The lowest BCUT2D eigenvalue weighted by Gasteiger charge is -2.63. The van der Waals surface area contributed by atoms with E-state index in [9.17, 15) is 24.0 Å². The van der Waals surface area contributed by atoms with E-state index < -0.39 is 68.8 Å². The second-order valence-electron chi connectivity index (χ2n) is 18.7. The number of methoxy groups -OCH3 is 3. The standard InChI is InChI=1S/C48H61N3O10S/c1-8-29-19-30-24-47(43(54)59-6,35-20-31-11-12-32(62(57)18-17-52)21-33(31)34(35)27-50(25-29)26-30)37-22-36-38(23-39(37)58-5)49(4)41-46(36)14-16-51-15-10-13-45(9-2,40(46)51)42(61-28(3)53)48(41,56)44(55)60-7/h10-13,19,21-23,30,37,39-42,52,56H,8-9,14-18,20,24-27H2,1-7H3/t30-,37?,39?,40+,41-,42-,45-,46-,47-,48+,62?/m1/s1. The minimum atomic E-state index is -2.29. The van der Waals surface area contributed by atoms with E-state index in [1.54, 1.807) is 7.11 Å². The van der Waals surface area contributed by atoms with E-state index in [4.69, 9.17) is 18.9 Å². The summed E-state index contributed by atoms with van der Waals surface area (Å²) < 4.78 is 37.5. The molecule has 12 atom stereocenters. The molecule has 14 heteroatoms. The molecule has 2 bridgehead atoms. The first-order valence-electron chi connectivity index (χ1n) is 22.2. The number of fused-ring (bicyclic) bond motifs is 5. The van der Waals surface area contributed by atoms with Gasteiger partial charge in [-0.3, -0.25) is 23.6 Å². The highest BCUT2D eigenvalue weighted by atomic mass is 32.2. The molecule has 4 unspecified atom stereocenters. The molecule has 13 nitrogen and oxygen atoms in total. The molecule has 9 rings (SSSR count). The van der Waals surface area contributed by atoms with Gasteiger partial charge >= 0.3 is 17.9 Å². The normalized spacial score (nSPS) is 38.2. The van der Waals surface area contributed by atoms with Crippen LogP contribution in [0.3, 0.4) is 0 Å². The lowest BCUT2D eigenvalue weighted by Crippen LogP contribution is -2.79. The average Bonchev–Trinajstić information content (AvgIpc) is 3.92. The van der Waals surface area contributed by atoms with Crippen LogP contribution in [-0.2, 0) is 50.6 Å². The first-order chi connectivity index (χ1) is 29.7. The van der Waals surface area contributed by atoms with Gasteiger partial charge in [-0.25, -0.2) is 4.79 Å². The van der Waals surface area contributed by atoms with Gasteiger partial charge in [-0.15, -0.1) is 0 Å². The monoisotopic (exact) mass is 871 g/mol. The predicted octanol–water partition coefficient (Wildman–Crippen LogP) is 3.57. The Labute approximate surface area is 366 Å². The lowest BCUT2D eigenvalue weighted by molar-refractivity contribution is -0.243. The summed E-state index contributed by atoms with van der Waals surface area (Å²) in [6.07, 6.45) is 11.8. The fourth-order valence-electron chi connectivity index (χ4n) is 14.0.